The summed E-state index contributed by atoms with van der Waals surface area (Å²) in [5.74, 6) is 1.46. The molecular formula is C22H22Cl2N4OS. The van der Waals surface area contributed by atoms with Crippen LogP contribution in [0.5, 0.6) is 0 Å². The number of nitrogens with zero attached hydrogens (tertiary/aromatic N) is 3. The maximum atomic E-state index is 6.41. The molecule has 1 aromatic carbocycles. The van der Waals surface area contributed by atoms with Gasteiger partial charge in [-0.2, -0.15) is 0 Å². The number of thiocarbonyl (C=S) groups is 1. The summed E-state index contributed by atoms with van der Waals surface area (Å²) >= 11 is 18.3. The average Bonchev–Trinajstić information content (AvgIpc) is 3.33. The van der Waals surface area contributed by atoms with Crippen LogP contribution >= 0.6 is 35.4 Å². The number of rotatable bonds is 6. The summed E-state index contributed by atoms with van der Waals surface area (Å²) in [7, 11) is 4.09. The fourth-order valence-electron chi connectivity index (χ4n) is 3.61. The van der Waals surface area contributed by atoms with Crippen LogP contribution in [0.3, 0.4) is 0 Å². The monoisotopic (exact) mass is 460 g/mol. The van der Waals surface area contributed by atoms with Crippen molar-refractivity contribution in [2.24, 2.45) is 0 Å². The third kappa shape index (κ3) is 4.18. The van der Waals surface area contributed by atoms with E-state index in [4.69, 9.17) is 39.8 Å². The SMILES string of the molecule is CN(C)CCN1C(=S)N[C@H](c2ccccn2)[C@H]1c1ccc(-c2cccc(Cl)c2Cl)o1. The Bertz CT molecular complexity index is 1040. The molecule has 2 atom stereocenters. The number of hydrogen-bond donors (Lipinski definition) is 1. The van der Waals surface area contributed by atoms with Crippen molar-refractivity contribution in [3.63, 3.8) is 0 Å². The van der Waals surface area contributed by atoms with Crippen molar-refractivity contribution in [3.05, 3.63) is 76.2 Å². The predicted molar refractivity (Wildman–Crippen MR) is 125 cm³/mol. The van der Waals surface area contributed by atoms with Crippen LogP contribution < -0.4 is 5.32 Å². The highest BCUT2D eigenvalue weighted by Crippen LogP contribution is 2.41. The maximum absolute atomic E-state index is 6.41. The van der Waals surface area contributed by atoms with Crippen molar-refractivity contribution in [1.82, 2.24) is 20.1 Å². The number of hydrogen-bond acceptors (Lipinski definition) is 4. The standard InChI is InChI=1S/C22H22Cl2N4OS/c1-27(2)12-13-28-21(20(26-22(28)30)16-8-3-4-11-25-16)18-10-9-17(29-18)14-6-5-7-15(23)19(14)24/h3-11,20-21H,12-13H2,1-2H3,(H,26,30)/t20-,21-/m1/s1. The summed E-state index contributed by atoms with van der Waals surface area (Å²) in [6.07, 6.45) is 1.79. The molecule has 156 valence electrons. The second-order valence-corrected chi connectivity index (χ2v) is 8.60. The number of benzene rings is 1. The highest BCUT2D eigenvalue weighted by atomic mass is 35.5. The summed E-state index contributed by atoms with van der Waals surface area (Å²) in [5, 5.41) is 5.10. The Labute approximate surface area is 191 Å². The average molecular weight is 461 g/mol. The van der Waals surface area contributed by atoms with Gasteiger partial charge in [0, 0.05) is 24.8 Å². The number of halogens is 2. The molecule has 3 heterocycles. The maximum Gasteiger partial charge on any atom is 0.170 e. The van der Waals surface area contributed by atoms with Gasteiger partial charge in [-0.25, -0.2) is 0 Å². The molecule has 0 unspecified atom stereocenters. The Morgan fingerprint density at radius 1 is 1.13 bits per heavy atom. The molecule has 1 aliphatic rings. The minimum atomic E-state index is -0.126. The van der Waals surface area contributed by atoms with Gasteiger partial charge in [0.25, 0.3) is 0 Å². The number of likely N-dealkylation sites (N-methyl/N-ethyl adjacent to an activating group) is 1. The molecule has 0 spiro atoms. The van der Waals surface area contributed by atoms with Crippen molar-refractivity contribution in [1.29, 1.82) is 0 Å². The predicted octanol–water partition coefficient (Wildman–Crippen LogP) is 5.18. The van der Waals surface area contributed by atoms with Gasteiger partial charge < -0.3 is 19.5 Å². The Morgan fingerprint density at radius 3 is 2.70 bits per heavy atom. The molecule has 0 bridgehead atoms. The van der Waals surface area contributed by atoms with Crippen molar-refractivity contribution >= 4 is 40.5 Å². The van der Waals surface area contributed by atoms with Gasteiger partial charge in [0.15, 0.2) is 5.11 Å². The molecule has 0 saturated carbocycles. The summed E-state index contributed by atoms with van der Waals surface area (Å²) in [6.45, 7) is 1.63. The van der Waals surface area contributed by atoms with Crippen LogP contribution in [-0.2, 0) is 0 Å². The van der Waals surface area contributed by atoms with Crippen LogP contribution in [0.2, 0.25) is 10.0 Å². The Hall–Kier alpha value is -2.12. The molecule has 1 N–H and O–H groups in total. The Morgan fingerprint density at radius 2 is 1.97 bits per heavy atom. The van der Waals surface area contributed by atoms with E-state index in [0.717, 1.165) is 30.1 Å². The molecular weight excluding hydrogens is 439 g/mol. The summed E-state index contributed by atoms with van der Waals surface area (Å²) in [5.41, 5.74) is 1.68. The first-order valence-corrected chi connectivity index (χ1v) is 10.8. The first kappa shape index (κ1) is 21.1. The lowest BCUT2D eigenvalue weighted by atomic mass is 10.0. The second-order valence-electron chi connectivity index (χ2n) is 7.43. The lowest BCUT2D eigenvalue weighted by Crippen LogP contribution is -2.35. The molecule has 30 heavy (non-hydrogen) atoms. The summed E-state index contributed by atoms with van der Waals surface area (Å²) < 4.78 is 6.30. The van der Waals surface area contributed by atoms with Crippen LogP contribution in [0.4, 0.5) is 0 Å². The molecule has 1 fully saturated rings. The van der Waals surface area contributed by atoms with E-state index in [0.29, 0.717) is 20.9 Å². The highest BCUT2D eigenvalue weighted by molar-refractivity contribution is 7.80. The molecule has 0 radical (unpaired) electrons. The van der Waals surface area contributed by atoms with Gasteiger partial charge in [-0.05, 0) is 62.7 Å². The molecule has 0 aliphatic carbocycles. The van der Waals surface area contributed by atoms with Crippen LogP contribution in [0, 0.1) is 0 Å². The molecule has 1 saturated heterocycles. The van der Waals surface area contributed by atoms with Gasteiger partial charge >= 0.3 is 0 Å². The third-order valence-electron chi connectivity index (χ3n) is 5.12. The first-order chi connectivity index (χ1) is 14.5. The molecule has 1 aliphatic heterocycles. The van der Waals surface area contributed by atoms with E-state index in [1.807, 2.05) is 56.6 Å². The van der Waals surface area contributed by atoms with E-state index in [-0.39, 0.29) is 12.1 Å². The summed E-state index contributed by atoms with van der Waals surface area (Å²) in [6, 6.07) is 15.1. The van der Waals surface area contributed by atoms with Gasteiger partial charge in [0.2, 0.25) is 0 Å². The number of pyridine rings is 1. The zero-order valence-electron chi connectivity index (χ0n) is 16.7. The molecule has 0 amide bonds. The Balaban J connectivity index is 1.72. The van der Waals surface area contributed by atoms with Crippen LogP contribution in [0.15, 0.2) is 59.1 Å². The molecule has 2 aromatic heterocycles. The van der Waals surface area contributed by atoms with Crippen LogP contribution in [-0.4, -0.2) is 47.1 Å². The van der Waals surface area contributed by atoms with E-state index >= 15 is 0 Å². The topological polar surface area (TPSA) is 44.5 Å². The lowest BCUT2D eigenvalue weighted by Gasteiger charge is -2.27. The van der Waals surface area contributed by atoms with E-state index in [1.165, 1.54) is 0 Å². The lowest BCUT2D eigenvalue weighted by molar-refractivity contribution is 0.250. The minimum absolute atomic E-state index is 0.116. The molecule has 3 aromatic rings. The highest BCUT2D eigenvalue weighted by Gasteiger charge is 2.41. The van der Waals surface area contributed by atoms with E-state index in [2.05, 4.69) is 20.1 Å². The molecule has 8 heteroatoms. The van der Waals surface area contributed by atoms with Gasteiger partial charge in [0.1, 0.15) is 17.6 Å². The van der Waals surface area contributed by atoms with Gasteiger partial charge in [-0.3, -0.25) is 4.98 Å². The quantitative estimate of drug-likeness (QED) is 0.511. The molecule has 5 nitrogen and oxygen atoms in total. The van der Waals surface area contributed by atoms with E-state index < -0.39 is 0 Å². The molecule has 4 rings (SSSR count). The number of nitrogens with one attached hydrogen (secondary N) is 1. The fourth-order valence-corrected chi connectivity index (χ4v) is 4.34. The second kappa shape index (κ2) is 8.94. The van der Waals surface area contributed by atoms with Crippen molar-refractivity contribution in [3.8, 4) is 11.3 Å². The van der Waals surface area contributed by atoms with Gasteiger partial charge in [-0.15, -0.1) is 0 Å². The zero-order chi connectivity index (χ0) is 21.3. The van der Waals surface area contributed by atoms with Crippen molar-refractivity contribution in [2.75, 3.05) is 27.2 Å². The minimum Gasteiger partial charge on any atom is -0.459 e. The zero-order valence-corrected chi connectivity index (χ0v) is 19.0. The van der Waals surface area contributed by atoms with Crippen LogP contribution in [0.1, 0.15) is 23.5 Å². The van der Waals surface area contributed by atoms with Crippen LogP contribution in [0.25, 0.3) is 11.3 Å². The number of furan rings is 1. The van der Waals surface area contributed by atoms with Crippen molar-refractivity contribution < 1.29 is 4.42 Å². The normalized spacial score (nSPS) is 18.8. The fraction of sp³-hybridized carbons (Fsp3) is 0.273. The smallest absolute Gasteiger partial charge is 0.170 e. The largest absolute Gasteiger partial charge is 0.459 e. The first-order valence-electron chi connectivity index (χ1n) is 9.62. The van der Waals surface area contributed by atoms with E-state index in [1.54, 1.807) is 12.3 Å². The van der Waals surface area contributed by atoms with E-state index in [9.17, 15) is 0 Å². The van der Waals surface area contributed by atoms with Gasteiger partial charge in [-0.1, -0.05) is 35.3 Å². The summed E-state index contributed by atoms with van der Waals surface area (Å²) in [4.78, 5) is 8.85. The van der Waals surface area contributed by atoms with Gasteiger partial charge in [0.05, 0.1) is 21.8 Å². The Kier molecular flexibility index (Phi) is 6.29. The third-order valence-corrected chi connectivity index (χ3v) is 6.29. The van der Waals surface area contributed by atoms with Crippen molar-refractivity contribution in [2.45, 2.75) is 12.1 Å². The number of aromatic nitrogens is 1.